The molecule has 1 saturated heterocycles. The van der Waals surface area contributed by atoms with Crippen LogP contribution in [0.3, 0.4) is 0 Å². The molecule has 1 fully saturated rings. The Bertz CT molecular complexity index is 678. The summed E-state index contributed by atoms with van der Waals surface area (Å²) in [5.41, 5.74) is 8.02. The van der Waals surface area contributed by atoms with Crippen molar-refractivity contribution in [3.05, 3.63) is 35.4 Å². The lowest BCUT2D eigenvalue weighted by atomic mass is 9.74. The molecule has 1 aromatic carbocycles. The normalized spacial score (nSPS) is 25.3. The number of rotatable bonds is 8. The van der Waals surface area contributed by atoms with Gasteiger partial charge < -0.3 is 20.9 Å². The van der Waals surface area contributed by atoms with Crippen LogP contribution in [-0.4, -0.2) is 51.8 Å². The first-order valence-corrected chi connectivity index (χ1v) is 10.5. The highest BCUT2D eigenvalue weighted by Crippen LogP contribution is 2.42. The maximum absolute atomic E-state index is 12.0. The highest BCUT2D eigenvalue weighted by Gasteiger charge is 2.44. The van der Waals surface area contributed by atoms with Gasteiger partial charge in [0.1, 0.15) is 5.54 Å². The second-order valence-corrected chi connectivity index (χ2v) is 8.71. The lowest BCUT2D eigenvalue weighted by Gasteiger charge is -2.43. The van der Waals surface area contributed by atoms with E-state index in [4.69, 9.17) is 15.8 Å². The second-order valence-electron chi connectivity index (χ2n) is 8.71. The fourth-order valence-corrected chi connectivity index (χ4v) is 5.25. The van der Waals surface area contributed by atoms with Crippen LogP contribution in [-0.2, 0) is 11.2 Å². The Morgan fingerprint density at radius 2 is 1.93 bits per heavy atom. The number of carboxylic acid groups (broad SMARTS) is 1. The minimum atomic E-state index is -1.34. The summed E-state index contributed by atoms with van der Waals surface area (Å²) in [6.07, 6.45) is 4.48. The summed E-state index contributed by atoms with van der Waals surface area (Å²) in [5, 5.41) is 27.7. The van der Waals surface area contributed by atoms with Crippen molar-refractivity contribution >= 4 is 13.1 Å². The lowest BCUT2D eigenvalue weighted by Crippen LogP contribution is -2.57. The van der Waals surface area contributed by atoms with Gasteiger partial charge in [-0.05, 0) is 68.1 Å². The van der Waals surface area contributed by atoms with Crippen molar-refractivity contribution in [3.63, 3.8) is 0 Å². The minimum absolute atomic E-state index is 0.0488. The number of unbranched alkanes of at least 4 members (excludes halogenated alkanes) is 1. The van der Waals surface area contributed by atoms with Crippen LogP contribution in [0.25, 0.3) is 0 Å². The standard InChI is InChI=1S/C21H33BN2O4/c1-15-14-16-6-2-3-7-18(16)19(15)24-12-8-17(9-13-24)21(23,20(25)26)10-4-5-11-22(27)28/h2-3,6-7,15,17,19,27-28H,4-5,8-14,23H2,1H3,(H,25,26). The number of carbonyl (C=O) groups is 1. The number of nitrogens with two attached hydrogens (primary N) is 1. The molecule has 1 aromatic rings. The number of nitrogens with zero attached hydrogens (tertiary/aromatic N) is 1. The Morgan fingerprint density at radius 1 is 1.25 bits per heavy atom. The number of hydrogen-bond donors (Lipinski definition) is 4. The molecule has 5 N–H and O–H groups in total. The number of fused-ring (bicyclic) bond motifs is 1. The zero-order chi connectivity index (χ0) is 20.3. The Labute approximate surface area is 167 Å². The van der Waals surface area contributed by atoms with E-state index in [0.29, 0.717) is 31.2 Å². The Kier molecular flexibility index (Phi) is 6.81. The van der Waals surface area contributed by atoms with Gasteiger partial charge >= 0.3 is 13.1 Å². The summed E-state index contributed by atoms with van der Waals surface area (Å²) in [6, 6.07) is 9.08. The van der Waals surface area contributed by atoms with E-state index in [2.05, 4.69) is 36.1 Å². The molecule has 0 aromatic heterocycles. The van der Waals surface area contributed by atoms with E-state index in [1.165, 1.54) is 11.1 Å². The lowest BCUT2D eigenvalue weighted by molar-refractivity contribution is -0.147. The van der Waals surface area contributed by atoms with E-state index in [-0.39, 0.29) is 12.2 Å². The van der Waals surface area contributed by atoms with E-state index in [0.717, 1.165) is 32.4 Å². The third kappa shape index (κ3) is 4.43. The van der Waals surface area contributed by atoms with Crippen LogP contribution < -0.4 is 5.73 Å². The molecule has 1 aliphatic carbocycles. The van der Waals surface area contributed by atoms with Gasteiger partial charge in [-0.1, -0.05) is 44.0 Å². The smallest absolute Gasteiger partial charge is 0.451 e. The Balaban J connectivity index is 1.61. The van der Waals surface area contributed by atoms with E-state index in [1.807, 2.05) is 0 Å². The second kappa shape index (κ2) is 8.95. The highest BCUT2D eigenvalue weighted by molar-refractivity contribution is 6.40. The molecule has 3 unspecified atom stereocenters. The molecule has 0 spiro atoms. The van der Waals surface area contributed by atoms with E-state index < -0.39 is 18.6 Å². The van der Waals surface area contributed by atoms with E-state index >= 15 is 0 Å². The maximum Gasteiger partial charge on any atom is 0.451 e. The quantitative estimate of drug-likeness (QED) is 0.401. The first-order valence-electron chi connectivity index (χ1n) is 10.5. The molecule has 0 bridgehead atoms. The molecule has 1 heterocycles. The van der Waals surface area contributed by atoms with Crippen molar-refractivity contribution in [3.8, 4) is 0 Å². The SMILES string of the molecule is CC1Cc2ccccc2C1N1CCC(C(N)(CCCCB(O)O)C(=O)O)CC1. The number of aliphatic carboxylic acids is 1. The predicted octanol–water partition coefficient (Wildman–Crippen LogP) is 2.06. The Morgan fingerprint density at radius 3 is 2.57 bits per heavy atom. The van der Waals surface area contributed by atoms with Gasteiger partial charge in [-0.3, -0.25) is 9.69 Å². The molecule has 0 radical (unpaired) electrons. The van der Waals surface area contributed by atoms with Crippen molar-refractivity contribution in [2.45, 2.75) is 63.3 Å². The van der Waals surface area contributed by atoms with Crippen molar-refractivity contribution in [2.24, 2.45) is 17.6 Å². The van der Waals surface area contributed by atoms with Crippen LogP contribution in [0.2, 0.25) is 6.32 Å². The van der Waals surface area contributed by atoms with Gasteiger partial charge in [-0.15, -0.1) is 0 Å². The molecule has 1 aliphatic heterocycles. The van der Waals surface area contributed by atoms with Gasteiger partial charge in [0.15, 0.2) is 0 Å². The first kappa shape index (κ1) is 21.3. The third-order valence-electron chi connectivity index (χ3n) is 6.81. The van der Waals surface area contributed by atoms with E-state index in [1.54, 1.807) is 0 Å². The third-order valence-corrected chi connectivity index (χ3v) is 6.81. The van der Waals surface area contributed by atoms with Crippen LogP contribution in [0.15, 0.2) is 24.3 Å². The molecule has 3 atom stereocenters. The number of benzene rings is 1. The number of piperidine rings is 1. The molecule has 0 saturated carbocycles. The average molecular weight is 388 g/mol. The molecule has 0 amide bonds. The molecule has 2 aliphatic rings. The summed E-state index contributed by atoms with van der Waals surface area (Å²) >= 11 is 0. The van der Waals surface area contributed by atoms with Gasteiger partial charge in [0, 0.05) is 6.04 Å². The van der Waals surface area contributed by atoms with Gasteiger partial charge in [-0.25, -0.2) is 0 Å². The number of likely N-dealkylation sites (tertiary alicyclic amines) is 1. The van der Waals surface area contributed by atoms with Gasteiger partial charge in [0.2, 0.25) is 0 Å². The van der Waals surface area contributed by atoms with Gasteiger partial charge in [0.05, 0.1) is 0 Å². The fourth-order valence-electron chi connectivity index (χ4n) is 5.25. The zero-order valence-electron chi connectivity index (χ0n) is 16.8. The number of carboxylic acids is 1. The monoisotopic (exact) mass is 388 g/mol. The van der Waals surface area contributed by atoms with Gasteiger partial charge in [0.25, 0.3) is 0 Å². The first-order chi connectivity index (χ1) is 13.3. The Hall–Kier alpha value is -1.41. The summed E-state index contributed by atoms with van der Waals surface area (Å²) < 4.78 is 0. The average Bonchev–Trinajstić information content (AvgIpc) is 3.00. The van der Waals surface area contributed by atoms with Crippen LogP contribution in [0.4, 0.5) is 0 Å². The van der Waals surface area contributed by atoms with Crippen LogP contribution in [0, 0.1) is 11.8 Å². The topological polar surface area (TPSA) is 107 Å². The van der Waals surface area contributed by atoms with Crippen LogP contribution in [0.1, 0.15) is 56.2 Å². The van der Waals surface area contributed by atoms with Crippen LogP contribution >= 0.6 is 0 Å². The van der Waals surface area contributed by atoms with Crippen molar-refractivity contribution in [1.29, 1.82) is 0 Å². The highest BCUT2D eigenvalue weighted by atomic mass is 16.4. The molecular formula is C21H33BN2O4. The van der Waals surface area contributed by atoms with Crippen LogP contribution in [0.5, 0.6) is 0 Å². The van der Waals surface area contributed by atoms with Crippen molar-refractivity contribution in [1.82, 2.24) is 4.90 Å². The van der Waals surface area contributed by atoms with Crippen molar-refractivity contribution < 1.29 is 19.9 Å². The minimum Gasteiger partial charge on any atom is -0.480 e. The number of hydrogen-bond acceptors (Lipinski definition) is 5. The molecule has 28 heavy (non-hydrogen) atoms. The maximum atomic E-state index is 12.0. The molecular weight excluding hydrogens is 355 g/mol. The summed E-state index contributed by atoms with van der Waals surface area (Å²) in [6.45, 7) is 4.04. The molecule has 154 valence electrons. The summed E-state index contributed by atoms with van der Waals surface area (Å²) in [4.78, 5) is 14.5. The van der Waals surface area contributed by atoms with E-state index in [9.17, 15) is 9.90 Å². The molecule has 6 nitrogen and oxygen atoms in total. The zero-order valence-corrected chi connectivity index (χ0v) is 16.8. The summed E-state index contributed by atoms with van der Waals surface area (Å²) in [7, 11) is -1.34. The molecule has 3 rings (SSSR count). The largest absolute Gasteiger partial charge is 0.480 e. The van der Waals surface area contributed by atoms with Crippen molar-refractivity contribution in [2.75, 3.05) is 13.1 Å². The fraction of sp³-hybridized carbons (Fsp3) is 0.667. The van der Waals surface area contributed by atoms with Gasteiger partial charge in [-0.2, -0.15) is 0 Å². The predicted molar refractivity (Wildman–Crippen MR) is 110 cm³/mol. The summed E-state index contributed by atoms with van der Waals surface area (Å²) in [5.74, 6) is -0.414. The molecule has 7 heteroatoms.